The summed E-state index contributed by atoms with van der Waals surface area (Å²) in [6.45, 7) is 0.670. The Morgan fingerprint density at radius 1 is 1.15 bits per heavy atom. The molecule has 0 saturated heterocycles. The summed E-state index contributed by atoms with van der Waals surface area (Å²) in [6.07, 6.45) is 2.21. The zero-order valence-electron chi connectivity index (χ0n) is 8.18. The highest BCUT2D eigenvalue weighted by Gasteiger charge is 2.06. The molecule has 0 heterocycles. The average Bonchev–Trinajstić information content (AvgIpc) is 2.02. The zero-order chi connectivity index (χ0) is 10.1. The van der Waals surface area contributed by atoms with Crippen LogP contribution in [-0.2, 0) is 0 Å². The number of alkyl halides is 2. The van der Waals surface area contributed by atoms with Crippen molar-refractivity contribution in [2.45, 2.75) is 32.1 Å². The van der Waals surface area contributed by atoms with Crippen LogP contribution in [0.5, 0.6) is 0 Å². The normalized spacial score (nSPS) is 11.5. The lowest BCUT2D eigenvalue weighted by molar-refractivity contribution is 0.0996. The maximum absolute atomic E-state index is 11.9. The second kappa shape index (κ2) is 8.75. The largest absolute Gasteiger partial charge is 0.301 e. The van der Waals surface area contributed by atoms with Crippen molar-refractivity contribution in [1.82, 2.24) is 4.90 Å². The van der Waals surface area contributed by atoms with E-state index >= 15 is 0 Å². The number of rotatable bonds is 8. The maximum Gasteiger partial charge on any atom is 0.251 e. The van der Waals surface area contributed by atoms with Crippen molar-refractivity contribution >= 4 is 12.6 Å². The number of unbranched alkanes of at least 4 members (excludes halogenated alkanes) is 3. The van der Waals surface area contributed by atoms with Gasteiger partial charge in [0.2, 0.25) is 0 Å². The van der Waals surface area contributed by atoms with Gasteiger partial charge in [-0.1, -0.05) is 12.8 Å². The molecule has 0 aliphatic rings. The quantitative estimate of drug-likeness (QED) is 0.477. The van der Waals surface area contributed by atoms with Gasteiger partial charge in [0.25, 0.3) is 6.43 Å². The van der Waals surface area contributed by atoms with Crippen LogP contribution in [0.1, 0.15) is 25.7 Å². The van der Waals surface area contributed by atoms with Gasteiger partial charge in [0.1, 0.15) is 0 Å². The van der Waals surface area contributed by atoms with E-state index in [1.165, 1.54) is 0 Å². The third-order valence-electron chi connectivity index (χ3n) is 1.90. The first-order valence-corrected chi connectivity index (χ1v) is 5.37. The van der Waals surface area contributed by atoms with Crippen LogP contribution >= 0.6 is 12.6 Å². The Labute approximate surface area is 84.9 Å². The second-order valence-corrected chi connectivity index (χ2v) is 3.74. The smallest absolute Gasteiger partial charge is 0.251 e. The molecule has 0 spiro atoms. The molecule has 0 atom stereocenters. The minimum absolute atomic E-state index is 0.105. The summed E-state index contributed by atoms with van der Waals surface area (Å²) in [4.78, 5) is 1.69. The van der Waals surface area contributed by atoms with Gasteiger partial charge < -0.3 is 4.90 Å². The lowest BCUT2D eigenvalue weighted by Gasteiger charge is -2.15. The van der Waals surface area contributed by atoms with Gasteiger partial charge in [-0.3, -0.25) is 0 Å². The zero-order valence-corrected chi connectivity index (χ0v) is 9.07. The lowest BCUT2D eigenvalue weighted by atomic mass is 10.2. The summed E-state index contributed by atoms with van der Waals surface area (Å²) < 4.78 is 23.7. The molecular weight excluding hydrogens is 192 g/mol. The van der Waals surface area contributed by atoms with E-state index in [-0.39, 0.29) is 6.54 Å². The van der Waals surface area contributed by atoms with E-state index in [0.29, 0.717) is 0 Å². The molecule has 0 radical (unpaired) electrons. The Balaban J connectivity index is 3.12. The average molecular weight is 211 g/mol. The number of nitrogens with zero attached hydrogens (tertiary/aromatic N) is 1. The third kappa shape index (κ3) is 10.1. The predicted molar refractivity (Wildman–Crippen MR) is 55.8 cm³/mol. The predicted octanol–water partition coefficient (Wildman–Crippen LogP) is 2.67. The first-order valence-electron chi connectivity index (χ1n) is 4.74. The second-order valence-electron chi connectivity index (χ2n) is 3.29. The SMILES string of the molecule is CN(CCCCCCS)CC(F)F. The fourth-order valence-electron chi connectivity index (χ4n) is 1.17. The fourth-order valence-corrected chi connectivity index (χ4v) is 1.40. The summed E-state index contributed by atoms with van der Waals surface area (Å²) in [5.74, 6) is 0.923. The Bertz CT molecular complexity index is 112. The van der Waals surface area contributed by atoms with Crippen molar-refractivity contribution in [1.29, 1.82) is 0 Å². The summed E-state index contributed by atoms with van der Waals surface area (Å²) in [6, 6.07) is 0. The van der Waals surface area contributed by atoms with Crippen molar-refractivity contribution in [3.8, 4) is 0 Å². The molecule has 0 fully saturated rings. The van der Waals surface area contributed by atoms with Crippen LogP contribution < -0.4 is 0 Å². The molecule has 13 heavy (non-hydrogen) atoms. The molecule has 80 valence electrons. The van der Waals surface area contributed by atoms with E-state index in [2.05, 4.69) is 12.6 Å². The Kier molecular flexibility index (Phi) is 8.87. The van der Waals surface area contributed by atoms with Gasteiger partial charge in [0.15, 0.2) is 0 Å². The van der Waals surface area contributed by atoms with Crippen LogP contribution in [0, 0.1) is 0 Å². The molecule has 0 amide bonds. The molecule has 0 bridgehead atoms. The van der Waals surface area contributed by atoms with Crippen LogP contribution in [0.2, 0.25) is 0 Å². The molecule has 1 nitrogen and oxygen atoms in total. The topological polar surface area (TPSA) is 3.24 Å². The van der Waals surface area contributed by atoms with Gasteiger partial charge >= 0.3 is 0 Å². The lowest BCUT2D eigenvalue weighted by Crippen LogP contribution is -2.25. The van der Waals surface area contributed by atoms with Crippen LogP contribution in [0.25, 0.3) is 0 Å². The molecule has 0 aromatic heterocycles. The Morgan fingerprint density at radius 3 is 2.31 bits per heavy atom. The van der Waals surface area contributed by atoms with Gasteiger partial charge in [-0.15, -0.1) is 0 Å². The molecule has 0 rings (SSSR count). The first-order chi connectivity index (χ1) is 6.16. The van der Waals surface area contributed by atoms with E-state index < -0.39 is 6.43 Å². The number of hydrogen-bond acceptors (Lipinski definition) is 2. The van der Waals surface area contributed by atoms with Crippen LogP contribution in [-0.4, -0.2) is 37.2 Å². The summed E-state index contributed by atoms with van der Waals surface area (Å²) in [5.41, 5.74) is 0. The molecular formula is C9H19F2NS. The number of hydrogen-bond donors (Lipinski definition) is 1. The molecule has 0 unspecified atom stereocenters. The Morgan fingerprint density at radius 2 is 1.77 bits per heavy atom. The highest BCUT2D eigenvalue weighted by molar-refractivity contribution is 7.80. The number of thiol groups is 1. The van der Waals surface area contributed by atoms with E-state index in [9.17, 15) is 8.78 Å². The minimum Gasteiger partial charge on any atom is -0.301 e. The monoisotopic (exact) mass is 211 g/mol. The molecule has 0 aromatic carbocycles. The van der Waals surface area contributed by atoms with Crippen molar-refractivity contribution in [3.63, 3.8) is 0 Å². The van der Waals surface area contributed by atoms with Crippen molar-refractivity contribution in [3.05, 3.63) is 0 Å². The first kappa shape index (κ1) is 13.2. The van der Waals surface area contributed by atoms with E-state index in [1.807, 2.05) is 0 Å². The third-order valence-corrected chi connectivity index (χ3v) is 2.21. The molecule has 0 aliphatic heterocycles. The standard InChI is InChI=1S/C9H19F2NS/c1-12(8-9(10)11)6-4-2-3-5-7-13/h9,13H,2-8H2,1H3. The Hall–Kier alpha value is 0.170. The summed E-state index contributed by atoms with van der Waals surface area (Å²) in [5, 5.41) is 0. The highest BCUT2D eigenvalue weighted by Crippen LogP contribution is 2.03. The van der Waals surface area contributed by atoms with Gasteiger partial charge in [0.05, 0.1) is 6.54 Å². The minimum atomic E-state index is -2.21. The van der Waals surface area contributed by atoms with Crippen LogP contribution in [0.4, 0.5) is 8.78 Å². The number of halogens is 2. The van der Waals surface area contributed by atoms with Gasteiger partial charge in [-0.2, -0.15) is 12.6 Å². The fraction of sp³-hybridized carbons (Fsp3) is 1.00. The van der Waals surface area contributed by atoms with E-state index in [1.54, 1.807) is 11.9 Å². The van der Waals surface area contributed by atoms with E-state index in [4.69, 9.17) is 0 Å². The van der Waals surface area contributed by atoms with Gasteiger partial charge in [0, 0.05) is 0 Å². The van der Waals surface area contributed by atoms with Gasteiger partial charge in [-0.25, -0.2) is 8.78 Å². The van der Waals surface area contributed by atoms with Gasteiger partial charge in [-0.05, 0) is 32.2 Å². The van der Waals surface area contributed by atoms with E-state index in [0.717, 1.165) is 38.0 Å². The summed E-state index contributed by atoms with van der Waals surface area (Å²) in [7, 11) is 1.74. The summed E-state index contributed by atoms with van der Waals surface area (Å²) >= 11 is 4.10. The van der Waals surface area contributed by atoms with Crippen molar-refractivity contribution in [2.75, 3.05) is 25.9 Å². The van der Waals surface area contributed by atoms with Crippen molar-refractivity contribution < 1.29 is 8.78 Å². The highest BCUT2D eigenvalue weighted by atomic mass is 32.1. The molecule has 0 saturated carbocycles. The molecule has 0 N–H and O–H groups in total. The van der Waals surface area contributed by atoms with Crippen LogP contribution in [0.15, 0.2) is 0 Å². The maximum atomic E-state index is 11.9. The molecule has 4 heteroatoms. The van der Waals surface area contributed by atoms with Crippen molar-refractivity contribution in [2.24, 2.45) is 0 Å². The molecule has 0 aromatic rings. The molecule has 0 aliphatic carbocycles. The van der Waals surface area contributed by atoms with Crippen LogP contribution in [0.3, 0.4) is 0 Å².